The third-order valence-electron chi connectivity index (χ3n) is 4.13. The Labute approximate surface area is 167 Å². The van der Waals surface area contributed by atoms with Crippen molar-refractivity contribution in [2.24, 2.45) is 0 Å². The van der Waals surface area contributed by atoms with Crippen molar-refractivity contribution in [2.75, 3.05) is 10.2 Å². The Morgan fingerprint density at radius 3 is 2.19 bits per heavy atom. The predicted molar refractivity (Wildman–Crippen MR) is 112 cm³/mol. The molecule has 0 unspecified atom stereocenters. The number of carbonyl (C=O) groups excluding carboxylic acids is 2. The van der Waals surface area contributed by atoms with Gasteiger partial charge in [0.15, 0.2) is 0 Å². The second-order valence-corrected chi connectivity index (χ2v) is 7.04. The molecule has 0 heterocycles. The van der Waals surface area contributed by atoms with E-state index in [0.29, 0.717) is 17.9 Å². The molecule has 27 heavy (non-hydrogen) atoms. The highest BCUT2D eigenvalue weighted by molar-refractivity contribution is 9.10. The van der Waals surface area contributed by atoms with E-state index < -0.39 is 11.8 Å². The van der Waals surface area contributed by atoms with Gasteiger partial charge in [0.25, 0.3) is 0 Å². The van der Waals surface area contributed by atoms with E-state index in [0.717, 1.165) is 15.6 Å². The average Bonchev–Trinajstić information content (AvgIpc) is 2.69. The quantitative estimate of drug-likeness (QED) is 0.605. The molecule has 136 valence electrons. The minimum Gasteiger partial charge on any atom is -0.318 e. The number of carbonyl (C=O) groups is 2. The normalized spacial score (nSPS) is 10.3. The largest absolute Gasteiger partial charge is 0.318 e. The molecule has 0 fully saturated rings. The van der Waals surface area contributed by atoms with Crippen molar-refractivity contribution in [2.45, 2.75) is 13.5 Å². The lowest BCUT2D eigenvalue weighted by atomic mass is 10.2. The van der Waals surface area contributed by atoms with Crippen LogP contribution in [0.5, 0.6) is 0 Å². The molecule has 3 aromatic rings. The predicted octanol–water partition coefficient (Wildman–Crippen LogP) is 4.93. The summed E-state index contributed by atoms with van der Waals surface area (Å²) in [7, 11) is 0. The number of nitrogens with one attached hydrogen (secondary N) is 1. The number of aryl methyl sites for hydroxylation is 1. The van der Waals surface area contributed by atoms with E-state index in [1.165, 1.54) is 4.90 Å². The molecule has 0 bridgehead atoms. The van der Waals surface area contributed by atoms with Crippen molar-refractivity contribution in [3.8, 4) is 0 Å². The maximum atomic E-state index is 12.9. The molecule has 0 saturated heterocycles. The number of anilines is 2. The van der Waals surface area contributed by atoms with E-state index >= 15 is 0 Å². The minimum atomic E-state index is -0.666. The highest BCUT2D eigenvalue weighted by Crippen LogP contribution is 2.21. The molecular formula is C22H19BrN2O2. The molecule has 3 aromatic carbocycles. The van der Waals surface area contributed by atoms with Crippen molar-refractivity contribution in [1.29, 1.82) is 0 Å². The molecule has 0 aromatic heterocycles. The lowest BCUT2D eigenvalue weighted by Gasteiger charge is -2.22. The third-order valence-corrected chi connectivity index (χ3v) is 4.62. The molecule has 0 saturated carbocycles. The molecular weight excluding hydrogens is 404 g/mol. The fourth-order valence-electron chi connectivity index (χ4n) is 2.72. The number of hydrogen-bond acceptors (Lipinski definition) is 2. The summed E-state index contributed by atoms with van der Waals surface area (Å²) in [5.41, 5.74) is 3.11. The van der Waals surface area contributed by atoms with Crippen LogP contribution in [0.4, 0.5) is 11.4 Å². The summed E-state index contributed by atoms with van der Waals surface area (Å²) in [5.74, 6) is -1.27. The van der Waals surface area contributed by atoms with Crippen LogP contribution < -0.4 is 10.2 Å². The zero-order valence-electron chi connectivity index (χ0n) is 14.9. The summed E-state index contributed by atoms with van der Waals surface area (Å²) in [6.45, 7) is 2.19. The van der Waals surface area contributed by atoms with Crippen LogP contribution in [0.3, 0.4) is 0 Å². The highest BCUT2D eigenvalue weighted by atomic mass is 79.9. The Kier molecular flexibility index (Phi) is 6.04. The summed E-state index contributed by atoms with van der Waals surface area (Å²) in [6, 6.07) is 24.3. The summed E-state index contributed by atoms with van der Waals surface area (Å²) < 4.78 is 0.916. The smallest absolute Gasteiger partial charge is 0.316 e. The van der Waals surface area contributed by atoms with Crippen molar-refractivity contribution in [3.63, 3.8) is 0 Å². The molecule has 4 nitrogen and oxygen atoms in total. The molecule has 0 aliphatic carbocycles. The Morgan fingerprint density at radius 2 is 1.56 bits per heavy atom. The number of rotatable bonds is 4. The summed E-state index contributed by atoms with van der Waals surface area (Å²) in [4.78, 5) is 27.1. The fourth-order valence-corrected chi connectivity index (χ4v) is 3.20. The maximum absolute atomic E-state index is 12.9. The SMILES string of the molecule is Cc1cc(Br)ccc1NC(=O)C(=O)N(Cc1ccccc1)c1ccccc1. The van der Waals surface area contributed by atoms with Crippen molar-refractivity contribution in [3.05, 3.63) is 94.5 Å². The summed E-state index contributed by atoms with van der Waals surface area (Å²) >= 11 is 3.39. The van der Waals surface area contributed by atoms with Crippen LogP contribution in [-0.2, 0) is 16.1 Å². The van der Waals surface area contributed by atoms with Crippen LogP contribution in [0.15, 0.2) is 83.3 Å². The first-order valence-electron chi connectivity index (χ1n) is 8.52. The van der Waals surface area contributed by atoms with Crippen LogP contribution in [0.25, 0.3) is 0 Å². The first-order valence-corrected chi connectivity index (χ1v) is 9.32. The second kappa shape index (κ2) is 8.64. The van der Waals surface area contributed by atoms with E-state index in [4.69, 9.17) is 0 Å². The Balaban J connectivity index is 1.84. The number of nitrogens with zero attached hydrogens (tertiary/aromatic N) is 1. The first kappa shape index (κ1) is 18.9. The number of halogens is 1. The maximum Gasteiger partial charge on any atom is 0.316 e. The van der Waals surface area contributed by atoms with Gasteiger partial charge in [0.2, 0.25) is 0 Å². The molecule has 0 radical (unpaired) electrons. The van der Waals surface area contributed by atoms with Gasteiger partial charge in [0.1, 0.15) is 0 Å². The van der Waals surface area contributed by atoms with E-state index in [1.807, 2.05) is 79.7 Å². The number of para-hydroxylation sites is 1. The third kappa shape index (κ3) is 4.83. The van der Waals surface area contributed by atoms with Gasteiger partial charge >= 0.3 is 11.8 Å². The van der Waals surface area contributed by atoms with Gasteiger partial charge in [-0.3, -0.25) is 14.5 Å². The zero-order valence-corrected chi connectivity index (χ0v) is 16.4. The van der Waals surface area contributed by atoms with Crippen molar-refractivity contribution in [1.82, 2.24) is 0 Å². The zero-order chi connectivity index (χ0) is 19.2. The van der Waals surface area contributed by atoms with Gasteiger partial charge in [-0.15, -0.1) is 0 Å². The van der Waals surface area contributed by atoms with Gasteiger partial charge in [0.05, 0.1) is 6.54 Å². The van der Waals surface area contributed by atoms with Crippen LogP contribution in [0.2, 0.25) is 0 Å². The first-order chi connectivity index (χ1) is 13.0. The highest BCUT2D eigenvalue weighted by Gasteiger charge is 2.24. The van der Waals surface area contributed by atoms with Gasteiger partial charge in [-0.1, -0.05) is 64.5 Å². The Hall–Kier alpha value is -2.92. The second-order valence-electron chi connectivity index (χ2n) is 6.13. The lowest BCUT2D eigenvalue weighted by molar-refractivity contribution is -0.134. The van der Waals surface area contributed by atoms with Crippen LogP contribution in [0.1, 0.15) is 11.1 Å². The minimum absolute atomic E-state index is 0.316. The van der Waals surface area contributed by atoms with E-state index in [9.17, 15) is 9.59 Å². The molecule has 3 rings (SSSR count). The van der Waals surface area contributed by atoms with Gasteiger partial charge in [-0.05, 0) is 48.4 Å². The van der Waals surface area contributed by atoms with E-state index in [-0.39, 0.29) is 0 Å². The van der Waals surface area contributed by atoms with E-state index in [1.54, 1.807) is 6.07 Å². The monoisotopic (exact) mass is 422 g/mol. The average molecular weight is 423 g/mol. The van der Waals surface area contributed by atoms with Crippen LogP contribution >= 0.6 is 15.9 Å². The van der Waals surface area contributed by atoms with E-state index in [2.05, 4.69) is 21.2 Å². The van der Waals surface area contributed by atoms with Gasteiger partial charge < -0.3 is 5.32 Å². The number of benzene rings is 3. The molecule has 2 amide bonds. The molecule has 0 aliphatic heterocycles. The number of amides is 2. The summed E-state index contributed by atoms with van der Waals surface area (Å²) in [6.07, 6.45) is 0. The van der Waals surface area contributed by atoms with Crippen LogP contribution in [0, 0.1) is 6.92 Å². The number of hydrogen-bond donors (Lipinski definition) is 1. The van der Waals surface area contributed by atoms with Gasteiger partial charge in [-0.2, -0.15) is 0 Å². The van der Waals surface area contributed by atoms with Crippen LogP contribution in [-0.4, -0.2) is 11.8 Å². The standard InChI is InChI=1S/C22H19BrN2O2/c1-16-14-18(23)12-13-20(16)24-21(26)22(27)25(19-10-6-3-7-11-19)15-17-8-4-2-5-9-17/h2-14H,15H2,1H3,(H,24,26). The van der Waals surface area contributed by atoms with Gasteiger partial charge in [-0.25, -0.2) is 0 Å². The molecule has 0 aliphatic rings. The summed E-state index contributed by atoms with van der Waals surface area (Å²) in [5, 5.41) is 2.72. The molecule has 1 N–H and O–H groups in total. The van der Waals surface area contributed by atoms with Crippen molar-refractivity contribution < 1.29 is 9.59 Å². The topological polar surface area (TPSA) is 49.4 Å². The molecule has 5 heteroatoms. The van der Waals surface area contributed by atoms with Crippen molar-refractivity contribution >= 4 is 39.1 Å². The molecule has 0 spiro atoms. The lowest BCUT2D eigenvalue weighted by Crippen LogP contribution is -2.39. The van der Waals surface area contributed by atoms with Gasteiger partial charge in [0, 0.05) is 15.8 Å². The Bertz CT molecular complexity index is 943. The fraction of sp³-hybridized carbons (Fsp3) is 0.0909. The Morgan fingerprint density at radius 1 is 0.926 bits per heavy atom. The molecule has 0 atom stereocenters.